The number of fused-ring (bicyclic) bond motifs is 1. The second-order valence-corrected chi connectivity index (χ2v) is 8.50. The van der Waals surface area contributed by atoms with E-state index in [9.17, 15) is 9.18 Å². The number of halogens is 1. The normalized spacial score (nSPS) is 14.5. The van der Waals surface area contributed by atoms with E-state index in [0.717, 1.165) is 36.3 Å². The highest BCUT2D eigenvalue weighted by molar-refractivity contribution is 5.77. The summed E-state index contributed by atoms with van der Waals surface area (Å²) in [5, 5.41) is 2.73. The van der Waals surface area contributed by atoms with Crippen molar-refractivity contribution in [2.24, 2.45) is 0 Å². The molecule has 0 fully saturated rings. The molecule has 0 aliphatic carbocycles. The lowest BCUT2D eigenvalue weighted by Crippen LogP contribution is -2.42. The van der Waals surface area contributed by atoms with Crippen LogP contribution in [0.2, 0.25) is 0 Å². The number of amides is 1. The van der Waals surface area contributed by atoms with Crippen LogP contribution in [0.5, 0.6) is 23.0 Å². The van der Waals surface area contributed by atoms with Crippen LogP contribution in [0, 0.1) is 5.82 Å². The fraction of sp³-hybridized carbons (Fsp3) is 0.345. The Balaban J connectivity index is 0.000000468. The predicted octanol–water partition coefficient (Wildman–Crippen LogP) is 4.43. The Hall–Kier alpha value is -3.78. The number of rotatable bonds is 8. The van der Waals surface area contributed by atoms with Gasteiger partial charge in [0.2, 0.25) is 5.91 Å². The van der Waals surface area contributed by atoms with Crippen molar-refractivity contribution in [2.45, 2.75) is 18.9 Å². The average Bonchev–Trinajstić information content (AvgIpc) is 2.94. The lowest BCUT2D eigenvalue weighted by Gasteiger charge is -2.37. The van der Waals surface area contributed by atoms with E-state index >= 15 is 0 Å². The topological polar surface area (TPSA) is 69.3 Å². The molecule has 1 atom stereocenters. The highest BCUT2D eigenvalue weighted by atomic mass is 19.1. The first kappa shape index (κ1) is 27.8. The third kappa shape index (κ3) is 7.13. The van der Waals surface area contributed by atoms with E-state index in [-0.39, 0.29) is 17.8 Å². The number of methoxy groups -OCH3 is 4. The van der Waals surface area contributed by atoms with E-state index in [2.05, 4.69) is 10.2 Å². The van der Waals surface area contributed by atoms with Crippen molar-refractivity contribution in [1.82, 2.24) is 10.2 Å². The van der Waals surface area contributed by atoms with Crippen molar-refractivity contribution in [3.8, 4) is 23.0 Å². The lowest BCUT2D eigenvalue weighted by molar-refractivity contribution is -0.122. The van der Waals surface area contributed by atoms with Gasteiger partial charge in [-0.05, 0) is 65.9 Å². The molecule has 0 bridgehead atoms. The number of nitrogens with zero attached hydrogens (tertiary/aromatic N) is 1. The van der Waals surface area contributed by atoms with Gasteiger partial charge in [0.05, 0.1) is 35.0 Å². The molecular weight excluding hydrogens is 475 g/mol. The number of carbonyl (C=O) groups is 1. The summed E-state index contributed by atoms with van der Waals surface area (Å²) in [5.74, 6) is 2.62. The van der Waals surface area contributed by atoms with E-state index in [1.807, 2.05) is 30.3 Å². The Labute approximate surface area is 218 Å². The third-order valence-electron chi connectivity index (χ3n) is 6.35. The zero-order chi connectivity index (χ0) is 26.8. The van der Waals surface area contributed by atoms with Crippen LogP contribution < -0.4 is 24.3 Å². The number of benzene rings is 3. The van der Waals surface area contributed by atoms with Gasteiger partial charge in [0.1, 0.15) is 5.82 Å². The minimum absolute atomic E-state index is 0.00348. The molecule has 1 heterocycles. The van der Waals surface area contributed by atoms with E-state index in [1.54, 1.807) is 53.7 Å². The van der Waals surface area contributed by atoms with Crippen molar-refractivity contribution in [3.05, 3.63) is 83.2 Å². The Bertz CT molecular complexity index is 1170. The van der Waals surface area contributed by atoms with Crippen LogP contribution in [-0.2, 0) is 17.6 Å². The molecule has 37 heavy (non-hydrogen) atoms. The van der Waals surface area contributed by atoms with Crippen LogP contribution in [0.15, 0.2) is 60.7 Å². The molecule has 0 saturated carbocycles. The maximum absolute atomic E-state index is 12.2. The SMILES string of the molecule is CNC(=O)CN1CCc2cc(OC)c(OC)cc2C1Cc1ccc(OC)c(OC)c1.Fc1ccccc1. The van der Waals surface area contributed by atoms with Crippen LogP contribution in [0.25, 0.3) is 0 Å². The van der Waals surface area contributed by atoms with Gasteiger partial charge in [-0.25, -0.2) is 4.39 Å². The Kier molecular flexibility index (Phi) is 10.1. The first-order valence-corrected chi connectivity index (χ1v) is 12.0. The summed E-state index contributed by atoms with van der Waals surface area (Å²) < 4.78 is 33.8. The van der Waals surface area contributed by atoms with Gasteiger partial charge in [-0.15, -0.1) is 0 Å². The molecule has 4 rings (SSSR count). The number of hydrogen-bond donors (Lipinski definition) is 1. The van der Waals surface area contributed by atoms with Crippen LogP contribution in [0.1, 0.15) is 22.7 Å². The number of likely N-dealkylation sites (N-methyl/N-ethyl adjacent to an activating group) is 1. The van der Waals surface area contributed by atoms with Gasteiger partial charge in [-0.3, -0.25) is 9.69 Å². The maximum Gasteiger partial charge on any atom is 0.233 e. The Morgan fingerprint density at radius 3 is 2.08 bits per heavy atom. The summed E-state index contributed by atoms with van der Waals surface area (Å²) in [7, 11) is 8.20. The molecule has 7 nitrogen and oxygen atoms in total. The van der Waals surface area contributed by atoms with Gasteiger partial charge in [0.25, 0.3) is 0 Å². The van der Waals surface area contributed by atoms with Gasteiger partial charge < -0.3 is 24.3 Å². The van der Waals surface area contributed by atoms with Gasteiger partial charge in [0.15, 0.2) is 23.0 Å². The number of ether oxygens (including phenoxy) is 4. The molecule has 8 heteroatoms. The fourth-order valence-corrected chi connectivity index (χ4v) is 4.42. The molecule has 0 aromatic heterocycles. The second-order valence-electron chi connectivity index (χ2n) is 8.50. The summed E-state index contributed by atoms with van der Waals surface area (Å²) in [6, 6.07) is 18.0. The molecule has 0 spiro atoms. The molecule has 3 aromatic rings. The van der Waals surface area contributed by atoms with Crippen molar-refractivity contribution in [2.75, 3.05) is 48.6 Å². The van der Waals surface area contributed by atoms with Gasteiger partial charge in [0, 0.05) is 19.6 Å². The summed E-state index contributed by atoms with van der Waals surface area (Å²) in [6.07, 6.45) is 1.56. The number of nitrogens with one attached hydrogen (secondary N) is 1. The van der Waals surface area contributed by atoms with E-state index in [0.29, 0.717) is 23.8 Å². The van der Waals surface area contributed by atoms with Crippen LogP contribution >= 0.6 is 0 Å². The average molecular weight is 511 g/mol. The van der Waals surface area contributed by atoms with Crippen LogP contribution in [0.4, 0.5) is 4.39 Å². The highest BCUT2D eigenvalue weighted by Gasteiger charge is 2.30. The molecule has 0 radical (unpaired) electrons. The molecule has 3 aromatic carbocycles. The number of hydrogen-bond acceptors (Lipinski definition) is 6. The summed E-state index contributed by atoms with van der Waals surface area (Å²) in [4.78, 5) is 14.4. The molecule has 1 aliphatic heterocycles. The van der Waals surface area contributed by atoms with Gasteiger partial charge >= 0.3 is 0 Å². The second kappa shape index (κ2) is 13.5. The molecular formula is C29H35FN2O5. The quantitative estimate of drug-likeness (QED) is 0.484. The Morgan fingerprint density at radius 1 is 0.892 bits per heavy atom. The van der Waals surface area contributed by atoms with Crippen LogP contribution in [-0.4, -0.2) is 59.4 Å². The smallest absolute Gasteiger partial charge is 0.233 e. The van der Waals surface area contributed by atoms with Gasteiger partial charge in [-0.1, -0.05) is 24.3 Å². The largest absolute Gasteiger partial charge is 0.493 e. The van der Waals surface area contributed by atoms with E-state index in [1.165, 1.54) is 17.7 Å². The first-order chi connectivity index (χ1) is 17.9. The lowest BCUT2D eigenvalue weighted by atomic mass is 9.88. The summed E-state index contributed by atoms with van der Waals surface area (Å²) >= 11 is 0. The van der Waals surface area contributed by atoms with Crippen molar-refractivity contribution in [1.29, 1.82) is 0 Å². The predicted molar refractivity (Wildman–Crippen MR) is 141 cm³/mol. The van der Waals surface area contributed by atoms with Crippen molar-refractivity contribution in [3.63, 3.8) is 0 Å². The summed E-state index contributed by atoms with van der Waals surface area (Å²) in [6.45, 7) is 1.12. The maximum atomic E-state index is 12.2. The minimum Gasteiger partial charge on any atom is -0.493 e. The van der Waals surface area contributed by atoms with Crippen molar-refractivity contribution >= 4 is 5.91 Å². The molecule has 1 amide bonds. The molecule has 1 unspecified atom stereocenters. The van der Waals surface area contributed by atoms with Crippen LogP contribution in [0.3, 0.4) is 0 Å². The van der Waals surface area contributed by atoms with E-state index in [4.69, 9.17) is 18.9 Å². The highest BCUT2D eigenvalue weighted by Crippen LogP contribution is 2.40. The monoisotopic (exact) mass is 510 g/mol. The molecule has 1 aliphatic rings. The zero-order valence-electron chi connectivity index (χ0n) is 22.0. The van der Waals surface area contributed by atoms with Crippen molar-refractivity contribution < 1.29 is 28.1 Å². The Morgan fingerprint density at radius 2 is 1.51 bits per heavy atom. The molecule has 0 saturated heterocycles. The molecule has 1 N–H and O–H groups in total. The molecule has 198 valence electrons. The summed E-state index contributed by atoms with van der Waals surface area (Å²) in [5.41, 5.74) is 3.46. The zero-order valence-corrected chi connectivity index (χ0v) is 22.0. The first-order valence-electron chi connectivity index (χ1n) is 12.0. The van der Waals surface area contributed by atoms with Gasteiger partial charge in [-0.2, -0.15) is 0 Å². The third-order valence-corrected chi connectivity index (χ3v) is 6.35. The minimum atomic E-state index is -0.178. The number of carbonyl (C=O) groups excluding carboxylic acids is 1. The van der Waals surface area contributed by atoms with E-state index < -0.39 is 0 Å². The standard InChI is InChI=1S/C23H30N2O5.C6H5F/c1-24-23(26)14-25-9-8-16-12-21(29-4)22(30-5)13-17(16)18(25)10-15-6-7-19(27-2)20(11-15)28-3;7-6-4-2-1-3-5-6/h6-7,11-13,18H,8-10,14H2,1-5H3,(H,24,26);1-5H. The fourth-order valence-electron chi connectivity index (χ4n) is 4.42.